The molecule has 1 aromatic carbocycles. The SMILES string of the molecule is CCc1cc(N2CCCC(c3nc(-c4ccc(Cl)cc4)no3)C2)n2ncnc2n1. The summed E-state index contributed by atoms with van der Waals surface area (Å²) in [4.78, 5) is 15.8. The van der Waals surface area contributed by atoms with Crippen LogP contribution in [0.4, 0.5) is 5.82 Å². The second kappa shape index (κ2) is 7.44. The predicted octanol–water partition coefficient (Wildman–Crippen LogP) is 3.77. The molecule has 29 heavy (non-hydrogen) atoms. The highest BCUT2D eigenvalue weighted by Gasteiger charge is 2.28. The van der Waals surface area contributed by atoms with Gasteiger partial charge in [0.05, 0.1) is 5.92 Å². The summed E-state index contributed by atoms with van der Waals surface area (Å²) in [6.45, 7) is 3.82. The Kier molecular flexibility index (Phi) is 4.63. The maximum absolute atomic E-state index is 5.97. The molecule has 1 aliphatic rings. The van der Waals surface area contributed by atoms with E-state index in [4.69, 9.17) is 16.1 Å². The fourth-order valence-electron chi connectivity index (χ4n) is 3.75. The summed E-state index contributed by atoms with van der Waals surface area (Å²) < 4.78 is 7.42. The van der Waals surface area contributed by atoms with Crippen LogP contribution in [0.5, 0.6) is 0 Å². The van der Waals surface area contributed by atoms with Crippen molar-refractivity contribution in [2.24, 2.45) is 0 Å². The number of aryl methyl sites for hydroxylation is 1. The van der Waals surface area contributed by atoms with Crippen LogP contribution in [-0.2, 0) is 6.42 Å². The molecule has 8 nitrogen and oxygen atoms in total. The first-order valence-electron chi connectivity index (χ1n) is 9.75. The largest absolute Gasteiger partial charge is 0.356 e. The van der Waals surface area contributed by atoms with Gasteiger partial charge < -0.3 is 9.42 Å². The zero-order valence-corrected chi connectivity index (χ0v) is 16.7. The van der Waals surface area contributed by atoms with Gasteiger partial charge in [-0.05, 0) is 43.5 Å². The van der Waals surface area contributed by atoms with E-state index in [0.29, 0.717) is 22.5 Å². The summed E-state index contributed by atoms with van der Waals surface area (Å²) in [7, 11) is 0. The number of rotatable bonds is 4. The van der Waals surface area contributed by atoms with Crippen LogP contribution >= 0.6 is 11.6 Å². The molecule has 0 saturated carbocycles. The van der Waals surface area contributed by atoms with Crippen molar-refractivity contribution in [3.8, 4) is 11.4 Å². The third-order valence-corrected chi connectivity index (χ3v) is 5.54. The highest BCUT2D eigenvalue weighted by molar-refractivity contribution is 6.30. The lowest BCUT2D eigenvalue weighted by atomic mass is 9.98. The van der Waals surface area contributed by atoms with Crippen molar-refractivity contribution >= 4 is 23.2 Å². The minimum atomic E-state index is 0.161. The molecule has 1 atom stereocenters. The van der Waals surface area contributed by atoms with Crippen molar-refractivity contribution in [3.05, 3.63) is 53.3 Å². The lowest BCUT2D eigenvalue weighted by Gasteiger charge is -2.32. The molecule has 0 N–H and O–H groups in total. The van der Waals surface area contributed by atoms with Gasteiger partial charge in [-0.15, -0.1) is 0 Å². The van der Waals surface area contributed by atoms with E-state index in [1.807, 2.05) is 24.3 Å². The van der Waals surface area contributed by atoms with Gasteiger partial charge in [0.2, 0.25) is 11.7 Å². The van der Waals surface area contributed by atoms with Gasteiger partial charge in [-0.25, -0.2) is 4.98 Å². The fraction of sp³-hybridized carbons (Fsp3) is 0.350. The van der Waals surface area contributed by atoms with Crippen LogP contribution in [0.3, 0.4) is 0 Å². The third-order valence-electron chi connectivity index (χ3n) is 5.29. The topological polar surface area (TPSA) is 85.2 Å². The first kappa shape index (κ1) is 18.1. The summed E-state index contributed by atoms with van der Waals surface area (Å²) in [5.41, 5.74) is 1.90. The summed E-state index contributed by atoms with van der Waals surface area (Å²) in [5.74, 6) is 3.05. The minimum Gasteiger partial charge on any atom is -0.356 e. The summed E-state index contributed by atoms with van der Waals surface area (Å²) in [6, 6.07) is 9.54. The van der Waals surface area contributed by atoms with Gasteiger partial charge in [-0.1, -0.05) is 23.7 Å². The number of hydrogen-bond donors (Lipinski definition) is 0. The number of nitrogens with zero attached hydrogens (tertiary/aromatic N) is 7. The van der Waals surface area contributed by atoms with Crippen molar-refractivity contribution in [1.82, 2.24) is 29.7 Å². The molecule has 4 heterocycles. The molecular weight excluding hydrogens is 390 g/mol. The van der Waals surface area contributed by atoms with Gasteiger partial charge in [0.25, 0.3) is 5.78 Å². The van der Waals surface area contributed by atoms with Crippen LogP contribution in [0, 0.1) is 0 Å². The number of piperidine rings is 1. The molecule has 4 aromatic rings. The molecule has 5 rings (SSSR count). The number of halogens is 1. The van der Waals surface area contributed by atoms with E-state index in [2.05, 4.69) is 43.1 Å². The van der Waals surface area contributed by atoms with E-state index in [1.165, 1.54) is 0 Å². The second-order valence-corrected chi connectivity index (χ2v) is 7.62. The van der Waals surface area contributed by atoms with Crippen molar-refractivity contribution in [2.45, 2.75) is 32.1 Å². The summed E-state index contributed by atoms with van der Waals surface area (Å²) in [5, 5.41) is 9.21. The average Bonchev–Trinajstić information content (AvgIpc) is 3.43. The lowest BCUT2D eigenvalue weighted by molar-refractivity contribution is 0.333. The van der Waals surface area contributed by atoms with Gasteiger partial charge in [-0.2, -0.15) is 19.6 Å². The summed E-state index contributed by atoms with van der Waals surface area (Å²) in [6.07, 6.45) is 4.43. The molecule has 9 heteroatoms. The van der Waals surface area contributed by atoms with Gasteiger partial charge >= 0.3 is 0 Å². The molecule has 1 saturated heterocycles. The average molecular weight is 410 g/mol. The number of benzene rings is 1. The van der Waals surface area contributed by atoms with E-state index in [0.717, 1.165) is 49.4 Å². The smallest absolute Gasteiger partial charge is 0.254 e. The Bertz CT molecular complexity index is 1140. The van der Waals surface area contributed by atoms with Gasteiger partial charge in [0.1, 0.15) is 12.1 Å². The molecule has 1 fully saturated rings. The third kappa shape index (κ3) is 3.44. The maximum atomic E-state index is 5.97. The van der Waals surface area contributed by atoms with Crippen molar-refractivity contribution in [1.29, 1.82) is 0 Å². The van der Waals surface area contributed by atoms with Crippen molar-refractivity contribution < 1.29 is 4.52 Å². The maximum Gasteiger partial charge on any atom is 0.254 e. The highest BCUT2D eigenvalue weighted by Crippen LogP contribution is 2.30. The van der Waals surface area contributed by atoms with E-state index in [1.54, 1.807) is 10.8 Å². The monoisotopic (exact) mass is 409 g/mol. The molecule has 0 amide bonds. The number of hydrogen-bond acceptors (Lipinski definition) is 7. The van der Waals surface area contributed by atoms with Crippen LogP contribution in [-0.4, -0.2) is 42.8 Å². The van der Waals surface area contributed by atoms with Gasteiger partial charge in [-0.3, -0.25) is 0 Å². The number of aromatic nitrogens is 6. The first-order chi connectivity index (χ1) is 14.2. The van der Waals surface area contributed by atoms with Crippen LogP contribution in [0.2, 0.25) is 5.02 Å². The van der Waals surface area contributed by atoms with Crippen molar-refractivity contribution in [2.75, 3.05) is 18.0 Å². The van der Waals surface area contributed by atoms with Crippen LogP contribution < -0.4 is 4.90 Å². The molecule has 0 spiro atoms. The van der Waals surface area contributed by atoms with E-state index >= 15 is 0 Å². The standard InChI is InChI=1S/C20H20ClN7O/c1-2-16-10-17(28-20(24-16)22-12-23-28)27-9-3-4-14(11-27)19-25-18(26-29-19)13-5-7-15(21)8-6-13/h5-8,10,12,14H,2-4,9,11H2,1H3. The molecule has 0 aliphatic carbocycles. The van der Waals surface area contributed by atoms with E-state index in [9.17, 15) is 0 Å². The Hall–Kier alpha value is -3.00. The Balaban J connectivity index is 1.42. The molecule has 148 valence electrons. The zero-order chi connectivity index (χ0) is 19.8. The van der Waals surface area contributed by atoms with E-state index in [-0.39, 0.29) is 5.92 Å². The Labute approximate surface area is 172 Å². The summed E-state index contributed by atoms with van der Waals surface area (Å²) >= 11 is 5.97. The van der Waals surface area contributed by atoms with Gasteiger partial charge in [0.15, 0.2) is 0 Å². The molecule has 0 radical (unpaired) electrons. The molecule has 3 aromatic heterocycles. The van der Waals surface area contributed by atoms with Gasteiger partial charge in [0, 0.05) is 35.4 Å². The minimum absolute atomic E-state index is 0.161. The number of anilines is 1. The Morgan fingerprint density at radius 2 is 2.07 bits per heavy atom. The molecule has 0 bridgehead atoms. The zero-order valence-electron chi connectivity index (χ0n) is 16.0. The quantitative estimate of drug-likeness (QED) is 0.507. The van der Waals surface area contributed by atoms with Crippen LogP contribution in [0.1, 0.15) is 37.3 Å². The molecule has 1 unspecified atom stereocenters. The predicted molar refractivity (Wildman–Crippen MR) is 109 cm³/mol. The first-order valence-corrected chi connectivity index (χ1v) is 10.1. The van der Waals surface area contributed by atoms with Crippen molar-refractivity contribution in [3.63, 3.8) is 0 Å². The van der Waals surface area contributed by atoms with Crippen LogP contribution in [0.25, 0.3) is 17.2 Å². The Morgan fingerprint density at radius 1 is 1.21 bits per heavy atom. The second-order valence-electron chi connectivity index (χ2n) is 7.18. The molecule has 1 aliphatic heterocycles. The number of fused-ring (bicyclic) bond motifs is 1. The van der Waals surface area contributed by atoms with E-state index < -0.39 is 0 Å². The molecular formula is C20H20ClN7O. The fourth-order valence-corrected chi connectivity index (χ4v) is 3.88. The lowest BCUT2D eigenvalue weighted by Crippen LogP contribution is -2.36. The normalized spacial score (nSPS) is 17.2. The van der Waals surface area contributed by atoms with Crippen LogP contribution in [0.15, 0.2) is 41.2 Å². The highest BCUT2D eigenvalue weighted by atomic mass is 35.5. The Morgan fingerprint density at radius 3 is 2.90 bits per heavy atom.